The monoisotopic (exact) mass is 229 g/mol. The Morgan fingerprint density at radius 3 is 2.12 bits per heavy atom. The molecule has 17 heavy (non-hydrogen) atoms. The molecule has 4 aliphatic rings. The third-order valence-electron chi connectivity index (χ3n) is 5.45. The first-order chi connectivity index (χ1) is 8.27. The predicted octanol–water partition coefficient (Wildman–Crippen LogP) is 3.30. The minimum Gasteiger partial charge on any atom is -0.356 e. The van der Waals surface area contributed by atoms with Crippen LogP contribution in [-0.2, 0) is 5.41 Å². The van der Waals surface area contributed by atoms with E-state index in [0.717, 1.165) is 29.7 Å². The minimum absolute atomic E-state index is 0.399. The lowest BCUT2D eigenvalue weighted by atomic mass is 9.49. The van der Waals surface area contributed by atoms with E-state index in [0.29, 0.717) is 5.41 Å². The summed E-state index contributed by atoms with van der Waals surface area (Å²) in [5.74, 6) is 2.89. The molecule has 0 amide bonds. The quantitative estimate of drug-likeness (QED) is 0.775. The summed E-state index contributed by atoms with van der Waals surface area (Å²) in [6, 6.07) is 4.11. The van der Waals surface area contributed by atoms with Crippen LogP contribution in [0.15, 0.2) is 12.1 Å². The molecule has 0 spiro atoms. The number of carbonyl (C=O) groups excluding carboxylic acids is 1. The summed E-state index contributed by atoms with van der Waals surface area (Å²) >= 11 is 0. The Bertz CT molecular complexity index is 424. The molecule has 5 rings (SSSR count). The highest BCUT2D eigenvalue weighted by molar-refractivity contribution is 5.72. The fraction of sp³-hybridized carbons (Fsp3) is 0.667. The Morgan fingerprint density at radius 1 is 1.06 bits per heavy atom. The maximum Gasteiger partial charge on any atom is 0.166 e. The standard InChI is InChI=1S/C15H19NO/c17-9-13-1-2-14(16-13)15-6-10-3-11(7-15)5-12(4-10)8-15/h1-2,9-12,16H,3-8H2. The van der Waals surface area contributed by atoms with Crippen molar-refractivity contribution >= 4 is 6.29 Å². The van der Waals surface area contributed by atoms with E-state index in [1.807, 2.05) is 6.07 Å². The zero-order chi connectivity index (χ0) is 11.5. The molecular weight excluding hydrogens is 210 g/mol. The highest BCUT2D eigenvalue weighted by Gasteiger charge is 2.52. The average molecular weight is 229 g/mol. The fourth-order valence-electron chi connectivity index (χ4n) is 5.23. The summed E-state index contributed by atoms with van der Waals surface area (Å²) in [5.41, 5.74) is 2.49. The molecule has 0 aromatic carbocycles. The average Bonchev–Trinajstić information content (AvgIpc) is 2.76. The maximum absolute atomic E-state index is 10.8. The van der Waals surface area contributed by atoms with Crippen LogP contribution < -0.4 is 0 Å². The molecule has 1 aromatic rings. The molecule has 1 N–H and O–H groups in total. The molecule has 0 radical (unpaired) electrons. The molecule has 1 aromatic heterocycles. The predicted molar refractivity (Wildman–Crippen MR) is 66.0 cm³/mol. The van der Waals surface area contributed by atoms with Crippen LogP contribution in [0.5, 0.6) is 0 Å². The molecule has 0 saturated heterocycles. The molecule has 0 atom stereocenters. The van der Waals surface area contributed by atoms with Crippen molar-refractivity contribution in [2.24, 2.45) is 17.8 Å². The van der Waals surface area contributed by atoms with Crippen LogP contribution in [0.1, 0.15) is 54.7 Å². The first-order valence-electron chi connectivity index (χ1n) is 6.92. The first kappa shape index (κ1) is 9.93. The number of carbonyl (C=O) groups is 1. The number of nitrogens with one attached hydrogen (secondary N) is 1. The summed E-state index contributed by atoms with van der Waals surface area (Å²) in [6.45, 7) is 0. The molecule has 2 nitrogen and oxygen atoms in total. The van der Waals surface area contributed by atoms with Gasteiger partial charge >= 0.3 is 0 Å². The van der Waals surface area contributed by atoms with Crippen molar-refractivity contribution in [3.63, 3.8) is 0 Å². The van der Waals surface area contributed by atoms with Crippen LogP contribution >= 0.6 is 0 Å². The first-order valence-corrected chi connectivity index (χ1v) is 6.92. The van der Waals surface area contributed by atoms with Crippen LogP contribution in [0, 0.1) is 17.8 Å². The molecule has 0 aliphatic heterocycles. The fourth-order valence-corrected chi connectivity index (χ4v) is 5.23. The van der Waals surface area contributed by atoms with Crippen LogP contribution in [0.2, 0.25) is 0 Å². The Morgan fingerprint density at radius 2 is 1.65 bits per heavy atom. The van der Waals surface area contributed by atoms with Gasteiger partial charge in [-0.05, 0) is 68.4 Å². The zero-order valence-electron chi connectivity index (χ0n) is 10.1. The molecular formula is C15H19NO. The van der Waals surface area contributed by atoms with Crippen LogP contribution in [0.3, 0.4) is 0 Å². The van der Waals surface area contributed by atoms with Crippen LogP contribution in [0.4, 0.5) is 0 Å². The highest BCUT2D eigenvalue weighted by atomic mass is 16.1. The van der Waals surface area contributed by atoms with E-state index >= 15 is 0 Å². The lowest BCUT2D eigenvalue weighted by Crippen LogP contribution is -2.48. The molecule has 4 fully saturated rings. The molecule has 4 bridgehead atoms. The zero-order valence-corrected chi connectivity index (χ0v) is 10.1. The van der Waals surface area contributed by atoms with Gasteiger partial charge in [0.25, 0.3) is 0 Å². The lowest BCUT2D eigenvalue weighted by molar-refractivity contribution is -0.00698. The van der Waals surface area contributed by atoms with Gasteiger partial charge in [-0.3, -0.25) is 4.79 Å². The summed E-state index contributed by atoms with van der Waals surface area (Å²) < 4.78 is 0. The van der Waals surface area contributed by atoms with Gasteiger partial charge in [-0.1, -0.05) is 0 Å². The molecule has 0 unspecified atom stereocenters. The van der Waals surface area contributed by atoms with Crippen molar-refractivity contribution in [1.82, 2.24) is 4.98 Å². The molecule has 4 aliphatic carbocycles. The normalized spacial score (nSPS) is 42.9. The minimum atomic E-state index is 0.399. The number of rotatable bonds is 2. The summed E-state index contributed by atoms with van der Waals surface area (Å²) in [4.78, 5) is 14.2. The van der Waals surface area contributed by atoms with E-state index in [9.17, 15) is 4.79 Å². The van der Waals surface area contributed by atoms with Crippen molar-refractivity contribution in [2.75, 3.05) is 0 Å². The summed E-state index contributed by atoms with van der Waals surface area (Å²) in [6.07, 6.45) is 9.43. The van der Waals surface area contributed by atoms with Crippen LogP contribution in [0.25, 0.3) is 0 Å². The molecule has 2 heteroatoms. The number of H-pyrrole nitrogens is 1. The number of hydrogen-bond acceptors (Lipinski definition) is 1. The smallest absolute Gasteiger partial charge is 0.166 e. The van der Waals surface area contributed by atoms with Gasteiger partial charge in [0.15, 0.2) is 6.29 Å². The maximum atomic E-state index is 10.8. The van der Waals surface area contributed by atoms with Gasteiger partial charge < -0.3 is 4.98 Å². The van der Waals surface area contributed by atoms with E-state index < -0.39 is 0 Å². The van der Waals surface area contributed by atoms with Gasteiger partial charge in [-0.25, -0.2) is 0 Å². The van der Waals surface area contributed by atoms with Crippen molar-refractivity contribution < 1.29 is 4.79 Å². The SMILES string of the molecule is O=Cc1ccc(C23CC4CC(CC(C4)C2)C3)[nH]1. The molecule has 1 heterocycles. The highest BCUT2D eigenvalue weighted by Crippen LogP contribution is 2.60. The van der Waals surface area contributed by atoms with E-state index in [-0.39, 0.29) is 0 Å². The van der Waals surface area contributed by atoms with Gasteiger partial charge in [0, 0.05) is 11.1 Å². The Kier molecular flexibility index (Phi) is 1.89. The van der Waals surface area contributed by atoms with Gasteiger partial charge in [0.05, 0.1) is 5.69 Å². The summed E-state index contributed by atoms with van der Waals surface area (Å²) in [7, 11) is 0. The Balaban J connectivity index is 1.74. The van der Waals surface area contributed by atoms with Crippen molar-refractivity contribution in [1.29, 1.82) is 0 Å². The van der Waals surface area contributed by atoms with E-state index in [2.05, 4.69) is 11.1 Å². The second kappa shape index (κ2) is 3.24. The number of hydrogen-bond donors (Lipinski definition) is 1. The number of aromatic amines is 1. The third kappa shape index (κ3) is 1.36. The molecule has 90 valence electrons. The third-order valence-corrected chi connectivity index (χ3v) is 5.45. The Labute approximate surface area is 102 Å². The van der Waals surface area contributed by atoms with Gasteiger partial charge in [-0.15, -0.1) is 0 Å². The van der Waals surface area contributed by atoms with Crippen LogP contribution in [-0.4, -0.2) is 11.3 Å². The topological polar surface area (TPSA) is 32.9 Å². The lowest BCUT2D eigenvalue weighted by Gasteiger charge is -2.56. The number of aromatic nitrogens is 1. The second-order valence-corrected chi connectivity index (χ2v) is 6.64. The van der Waals surface area contributed by atoms with Gasteiger partial charge in [-0.2, -0.15) is 0 Å². The van der Waals surface area contributed by atoms with Crippen molar-refractivity contribution in [3.8, 4) is 0 Å². The number of aldehydes is 1. The Hall–Kier alpha value is -1.05. The van der Waals surface area contributed by atoms with E-state index in [1.165, 1.54) is 44.2 Å². The van der Waals surface area contributed by atoms with E-state index in [4.69, 9.17) is 0 Å². The van der Waals surface area contributed by atoms with Gasteiger partial charge in [0.2, 0.25) is 0 Å². The second-order valence-electron chi connectivity index (χ2n) is 6.64. The van der Waals surface area contributed by atoms with Crippen molar-refractivity contribution in [2.45, 2.75) is 43.9 Å². The largest absolute Gasteiger partial charge is 0.356 e. The van der Waals surface area contributed by atoms with Crippen molar-refractivity contribution in [3.05, 3.63) is 23.5 Å². The molecule has 4 saturated carbocycles. The van der Waals surface area contributed by atoms with E-state index in [1.54, 1.807) is 0 Å². The summed E-state index contributed by atoms with van der Waals surface area (Å²) in [5, 5.41) is 0. The van der Waals surface area contributed by atoms with Gasteiger partial charge in [0.1, 0.15) is 0 Å².